The van der Waals surface area contributed by atoms with Crippen LogP contribution >= 0.6 is 23.8 Å². The second kappa shape index (κ2) is 8.26. The van der Waals surface area contributed by atoms with E-state index >= 15 is 0 Å². The van der Waals surface area contributed by atoms with Crippen molar-refractivity contribution in [1.29, 1.82) is 0 Å². The van der Waals surface area contributed by atoms with Gasteiger partial charge in [0.2, 0.25) is 0 Å². The fourth-order valence-corrected chi connectivity index (χ4v) is 3.73. The number of aromatic amines is 1. The van der Waals surface area contributed by atoms with Crippen LogP contribution in [0.5, 0.6) is 0 Å². The number of hydrogen-bond donors (Lipinski definition) is 3. The third-order valence-corrected chi connectivity index (χ3v) is 5.11. The number of carbonyl (C=O) groups is 1. The van der Waals surface area contributed by atoms with E-state index in [9.17, 15) is 4.79 Å². The van der Waals surface area contributed by atoms with E-state index in [0.29, 0.717) is 22.1 Å². The van der Waals surface area contributed by atoms with Gasteiger partial charge in [-0.1, -0.05) is 40.9 Å². The molecule has 1 heterocycles. The molecule has 0 spiro atoms. The number of amides is 1. The number of benzene rings is 3. The summed E-state index contributed by atoms with van der Waals surface area (Å²) in [6.07, 6.45) is 0. The first kappa shape index (κ1) is 20.1. The number of nitrogens with one attached hydrogen (secondary N) is 3. The Labute approximate surface area is 184 Å². The first-order chi connectivity index (χ1) is 14.4. The molecule has 0 fully saturated rings. The molecule has 0 saturated heterocycles. The maximum atomic E-state index is 12.5. The summed E-state index contributed by atoms with van der Waals surface area (Å²) in [6, 6.07) is 18.8. The van der Waals surface area contributed by atoms with Crippen LogP contribution < -0.4 is 10.6 Å². The van der Waals surface area contributed by atoms with Crippen molar-refractivity contribution < 1.29 is 4.79 Å². The highest BCUT2D eigenvalue weighted by molar-refractivity contribution is 7.80. The summed E-state index contributed by atoms with van der Waals surface area (Å²) in [7, 11) is 0. The average Bonchev–Trinajstić information content (AvgIpc) is 3.12. The zero-order chi connectivity index (χ0) is 21.3. The number of anilines is 1. The third kappa shape index (κ3) is 4.35. The molecule has 4 rings (SSSR count). The highest BCUT2D eigenvalue weighted by Gasteiger charge is 2.12. The highest BCUT2D eigenvalue weighted by Crippen LogP contribution is 2.30. The molecule has 0 saturated carbocycles. The van der Waals surface area contributed by atoms with Crippen LogP contribution in [-0.2, 0) is 0 Å². The lowest BCUT2D eigenvalue weighted by atomic mass is 10.1. The van der Waals surface area contributed by atoms with Gasteiger partial charge in [-0.25, -0.2) is 4.98 Å². The molecule has 0 aliphatic carbocycles. The van der Waals surface area contributed by atoms with E-state index in [4.69, 9.17) is 23.8 Å². The number of H-pyrrole nitrogens is 1. The third-order valence-electron chi connectivity index (χ3n) is 4.58. The first-order valence-corrected chi connectivity index (χ1v) is 10.1. The minimum absolute atomic E-state index is 0.206. The standard InChI is InChI=1S/C23H19ClN4OS/c1-13-9-14(2)11-15(10-13)22(29)28-23(30)25-16-7-8-18(24)17(12-16)21-26-19-5-3-4-6-20(19)27-21/h3-12H,1-2H3,(H,26,27)(H2,25,28,29,30). The number of imidazole rings is 1. The zero-order valence-electron chi connectivity index (χ0n) is 16.4. The summed E-state index contributed by atoms with van der Waals surface area (Å²) in [4.78, 5) is 20.4. The van der Waals surface area contributed by atoms with Crippen molar-refractivity contribution in [2.45, 2.75) is 13.8 Å². The Hall–Kier alpha value is -3.22. The van der Waals surface area contributed by atoms with Gasteiger partial charge >= 0.3 is 0 Å². The van der Waals surface area contributed by atoms with Gasteiger partial charge in [0, 0.05) is 16.8 Å². The van der Waals surface area contributed by atoms with Crippen molar-refractivity contribution in [3.8, 4) is 11.4 Å². The number of carbonyl (C=O) groups excluding carboxylic acids is 1. The molecule has 0 atom stereocenters. The summed E-state index contributed by atoms with van der Waals surface area (Å²) in [6.45, 7) is 3.90. The smallest absolute Gasteiger partial charge is 0.257 e. The van der Waals surface area contributed by atoms with Gasteiger partial charge in [-0.05, 0) is 68.5 Å². The molecule has 3 N–H and O–H groups in total. The quantitative estimate of drug-likeness (QED) is 0.365. The first-order valence-electron chi connectivity index (χ1n) is 9.34. The number of para-hydroxylation sites is 2. The summed E-state index contributed by atoms with van der Waals surface area (Å²) in [5.74, 6) is 0.404. The topological polar surface area (TPSA) is 69.8 Å². The molecule has 4 aromatic rings. The number of aryl methyl sites for hydroxylation is 2. The van der Waals surface area contributed by atoms with Crippen molar-refractivity contribution in [3.63, 3.8) is 0 Å². The fourth-order valence-electron chi connectivity index (χ4n) is 3.31. The van der Waals surface area contributed by atoms with E-state index in [1.54, 1.807) is 12.1 Å². The number of halogens is 1. The van der Waals surface area contributed by atoms with E-state index in [1.807, 2.05) is 62.4 Å². The molecule has 7 heteroatoms. The van der Waals surface area contributed by atoms with E-state index < -0.39 is 0 Å². The van der Waals surface area contributed by atoms with E-state index in [1.165, 1.54) is 0 Å². The predicted octanol–water partition coefficient (Wildman–Crippen LogP) is 5.63. The molecule has 1 aromatic heterocycles. The largest absolute Gasteiger partial charge is 0.338 e. The van der Waals surface area contributed by atoms with Crippen LogP contribution in [0.2, 0.25) is 5.02 Å². The van der Waals surface area contributed by atoms with Crippen LogP contribution in [0.4, 0.5) is 5.69 Å². The van der Waals surface area contributed by atoms with Crippen LogP contribution in [0.15, 0.2) is 60.7 Å². The molecule has 1 amide bonds. The number of rotatable bonds is 3. The average molecular weight is 435 g/mol. The van der Waals surface area contributed by atoms with Gasteiger partial charge in [0.15, 0.2) is 5.11 Å². The van der Waals surface area contributed by atoms with Crippen molar-refractivity contribution in [1.82, 2.24) is 15.3 Å². The molecule has 0 bridgehead atoms. The van der Waals surface area contributed by atoms with Crippen molar-refractivity contribution in [2.75, 3.05) is 5.32 Å². The second-order valence-corrected chi connectivity index (χ2v) is 7.90. The summed E-state index contributed by atoms with van der Waals surface area (Å²) in [5.41, 5.74) is 5.83. The van der Waals surface area contributed by atoms with Gasteiger partial charge < -0.3 is 10.3 Å². The van der Waals surface area contributed by atoms with Crippen LogP contribution in [0.25, 0.3) is 22.4 Å². The summed E-state index contributed by atoms with van der Waals surface area (Å²) < 4.78 is 0. The normalized spacial score (nSPS) is 10.8. The van der Waals surface area contributed by atoms with Gasteiger partial charge in [-0.15, -0.1) is 0 Å². The lowest BCUT2D eigenvalue weighted by molar-refractivity contribution is 0.0977. The van der Waals surface area contributed by atoms with E-state index in [-0.39, 0.29) is 11.0 Å². The van der Waals surface area contributed by atoms with Gasteiger partial charge in [-0.3, -0.25) is 10.1 Å². The second-order valence-electron chi connectivity index (χ2n) is 7.08. The van der Waals surface area contributed by atoms with Crippen LogP contribution in [0.1, 0.15) is 21.5 Å². The molecule has 0 radical (unpaired) electrons. The Kier molecular flexibility index (Phi) is 5.53. The van der Waals surface area contributed by atoms with Gasteiger partial charge in [0.25, 0.3) is 5.91 Å². The molecular formula is C23H19ClN4OS. The Morgan fingerprint density at radius 1 is 1.03 bits per heavy atom. The van der Waals surface area contributed by atoms with E-state index in [2.05, 4.69) is 20.6 Å². The molecule has 5 nitrogen and oxygen atoms in total. The van der Waals surface area contributed by atoms with Gasteiger partial charge in [-0.2, -0.15) is 0 Å². The summed E-state index contributed by atoms with van der Waals surface area (Å²) in [5, 5.41) is 6.53. The van der Waals surface area contributed by atoms with Crippen molar-refractivity contribution in [2.24, 2.45) is 0 Å². The minimum atomic E-state index is -0.259. The minimum Gasteiger partial charge on any atom is -0.338 e. The van der Waals surface area contributed by atoms with Crippen molar-refractivity contribution in [3.05, 3.63) is 82.4 Å². The van der Waals surface area contributed by atoms with Gasteiger partial charge in [0.05, 0.1) is 16.1 Å². The van der Waals surface area contributed by atoms with Crippen molar-refractivity contribution >= 4 is 51.6 Å². The van der Waals surface area contributed by atoms with Gasteiger partial charge in [0.1, 0.15) is 5.82 Å². The Morgan fingerprint density at radius 3 is 2.50 bits per heavy atom. The molecular weight excluding hydrogens is 416 g/mol. The number of hydrogen-bond acceptors (Lipinski definition) is 3. The highest BCUT2D eigenvalue weighted by atomic mass is 35.5. The number of aromatic nitrogens is 2. The Morgan fingerprint density at radius 2 is 1.77 bits per heavy atom. The zero-order valence-corrected chi connectivity index (χ0v) is 18.0. The predicted molar refractivity (Wildman–Crippen MR) is 126 cm³/mol. The Bertz CT molecular complexity index is 1230. The number of thiocarbonyl (C=S) groups is 1. The Balaban J connectivity index is 1.52. The maximum Gasteiger partial charge on any atom is 0.257 e. The number of fused-ring (bicyclic) bond motifs is 1. The molecule has 0 aliphatic heterocycles. The molecule has 30 heavy (non-hydrogen) atoms. The fraction of sp³-hybridized carbons (Fsp3) is 0.0870. The monoisotopic (exact) mass is 434 g/mol. The number of nitrogens with zero attached hydrogens (tertiary/aromatic N) is 1. The summed E-state index contributed by atoms with van der Waals surface area (Å²) >= 11 is 11.7. The molecule has 150 valence electrons. The molecule has 0 aliphatic rings. The van der Waals surface area contributed by atoms with Crippen LogP contribution in [-0.4, -0.2) is 21.0 Å². The SMILES string of the molecule is Cc1cc(C)cc(C(=O)NC(=S)Nc2ccc(Cl)c(-c3nc4ccccc4[nH]3)c2)c1. The maximum absolute atomic E-state index is 12.5. The lowest BCUT2D eigenvalue weighted by Gasteiger charge is -2.12. The molecule has 0 unspecified atom stereocenters. The lowest BCUT2D eigenvalue weighted by Crippen LogP contribution is -2.34. The van der Waals surface area contributed by atoms with E-state index in [0.717, 1.165) is 27.7 Å². The van der Waals surface area contributed by atoms with Crippen LogP contribution in [0.3, 0.4) is 0 Å². The molecule has 3 aromatic carbocycles. The van der Waals surface area contributed by atoms with Crippen LogP contribution in [0, 0.1) is 13.8 Å².